The zero-order valence-corrected chi connectivity index (χ0v) is 15.4. The highest BCUT2D eigenvalue weighted by molar-refractivity contribution is 5.95. The van der Waals surface area contributed by atoms with Crippen LogP contribution in [0.25, 0.3) is 5.65 Å². The Morgan fingerprint density at radius 2 is 2.11 bits per heavy atom. The van der Waals surface area contributed by atoms with Gasteiger partial charge in [-0.2, -0.15) is 0 Å². The second-order valence-corrected chi connectivity index (χ2v) is 7.72. The summed E-state index contributed by atoms with van der Waals surface area (Å²) in [7, 11) is 0. The molecule has 2 aromatic heterocycles. The number of hydrogen-bond acceptors (Lipinski definition) is 6. The van der Waals surface area contributed by atoms with Crippen molar-refractivity contribution < 1.29 is 14.7 Å². The van der Waals surface area contributed by atoms with Crippen molar-refractivity contribution in [3.63, 3.8) is 0 Å². The van der Waals surface area contributed by atoms with E-state index < -0.39 is 12.0 Å². The number of hydrogen-bond donors (Lipinski definition) is 1. The molecule has 27 heavy (non-hydrogen) atoms. The summed E-state index contributed by atoms with van der Waals surface area (Å²) in [5.41, 5.74) is 1.14. The predicted molar refractivity (Wildman–Crippen MR) is 96.3 cm³/mol. The number of carbonyl (C=O) groups is 2. The van der Waals surface area contributed by atoms with Crippen molar-refractivity contribution in [1.82, 2.24) is 29.8 Å². The van der Waals surface area contributed by atoms with Gasteiger partial charge in [0.15, 0.2) is 5.65 Å². The fraction of sp³-hybridized carbons (Fsp3) is 0.611. The topological polar surface area (TPSA) is 104 Å². The van der Waals surface area contributed by atoms with E-state index in [0.717, 1.165) is 32.4 Å². The maximum absolute atomic E-state index is 12.9. The zero-order chi connectivity index (χ0) is 19.0. The molecule has 2 aliphatic rings. The lowest BCUT2D eigenvalue weighted by Crippen LogP contribution is -2.44. The molecule has 9 heteroatoms. The number of likely N-dealkylation sites (tertiary alicyclic amines) is 2. The van der Waals surface area contributed by atoms with Crippen molar-refractivity contribution in [2.24, 2.45) is 5.41 Å². The van der Waals surface area contributed by atoms with Gasteiger partial charge in [-0.25, -0.2) is 4.52 Å². The molecule has 1 atom stereocenters. The first kappa shape index (κ1) is 17.8. The van der Waals surface area contributed by atoms with Gasteiger partial charge in [-0.1, -0.05) is 6.92 Å². The van der Waals surface area contributed by atoms with Crippen molar-refractivity contribution in [3.05, 3.63) is 23.9 Å². The van der Waals surface area contributed by atoms with Crippen LogP contribution < -0.4 is 0 Å². The van der Waals surface area contributed by atoms with Crippen LogP contribution in [0, 0.1) is 5.41 Å². The van der Waals surface area contributed by atoms with Crippen molar-refractivity contribution >= 4 is 17.5 Å². The van der Waals surface area contributed by atoms with Gasteiger partial charge < -0.3 is 10.0 Å². The maximum Gasteiger partial charge on any atom is 0.320 e. The molecule has 0 bridgehead atoms. The van der Waals surface area contributed by atoms with Gasteiger partial charge in [0.05, 0.1) is 0 Å². The Morgan fingerprint density at radius 3 is 2.81 bits per heavy atom. The molecule has 0 radical (unpaired) electrons. The van der Waals surface area contributed by atoms with E-state index in [-0.39, 0.29) is 11.3 Å². The summed E-state index contributed by atoms with van der Waals surface area (Å²) in [5, 5.41) is 20.8. The fourth-order valence-corrected chi connectivity index (χ4v) is 4.51. The molecule has 4 rings (SSSR count). The van der Waals surface area contributed by atoms with Crippen molar-refractivity contribution in [1.29, 1.82) is 0 Å². The second-order valence-electron chi connectivity index (χ2n) is 7.72. The number of carbonyl (C=O) groups excluding carboxylic acids is 1. The van der Waals surface area contributed by atoms with Gasteiger partial charge >= 0.3 is 5.97 Å². The van der Waals surface area contributed by atoms with E-state index in [9.17, 15) is 14.7 Å². The third-order valence-corrected chi connectivity index (χ3v) is 5.96. The number of aromatic nitrogens is 4. The van der Waals surface area contributed by atoms with Crippen LogP contribution in [-0.4, -0.2) is 79.0 Å². The Kier molecular flexibility index (Phi) is 4.55. The van der Waals surface area contributed by atoms with E-state index >= 15 is 0 Å². The number of rotatable bonds is 4. The Morgan fingerprint density at radius 1 is 1.33 bits per heavy atom. The molecule has 2 saturated heterocycles. The molecule has 0 aromatic carbocycles. The molecule has 9 nitrogen and oxygen atoms in total. The predicted octanol–water partition coefficient (Wildman–Crippen LogP) is 0.916. The van der Waals surface area contributed by atoms with E-state index in [1.807, 2.05) is 4.90 Å². The minimum atomic E-state index is -0.728. The summed E-state index contributed by atoms with van der Waals surface area (Å²) in [5.74, 6) is -0.748. The van der Waals surface area contributed by atoms with Gasteiger partial charge in [-0.3, -0.25) is 14.5 Å². The van der Waals surface area contributed by atoms with Crippen LogP contribution in [-0.2, 0) is 4.79 Å². The summed E-state index contributed by atoms with van der Waals surface area (Å²) in [6, 6.07) is 3.04. The SMILES string of the molecule is CCCN1CC2(CCN(C(=O)c3ccn4nnnc4c3)CC2)CC1C(=O)O. The van der Waals surface area contributed by atoms with Crippen LogP contribution in [0.15, 0.2) is 18.3 Å². The monoisotopic (exact) mass is 372 g/mol. The third kappa shape index (κ3) is 3.27. The summed E-state index contributed by atoms with van der Waals surface area (Å²) in [6.07, 6.45) is 5.01. The van der Waals surface area contributed by atoms with Gasteiger partial charge in [-0.15, -0.1) is 5.10 Å². The van der Waals surface area contributed by atoms with Crippen LogP contribution in [0.2, 0.25) is 0 Å². The molecular formula is C18H24N6O3. The average Bonchev–Trinajstić information content (AvgIpc) is 3.26. The molecule has 4 heterocycles. The fourth-order valence-electron chi connectivity index (χ4n) is 4.51. The van der Waals surface area contributed by atoms with Gasteiger partial charge in [0.25, 0.3) is 5.91 Å². The highest BCUT2D eigenvalue weighted by Gasteiger charge is 2.48. The smallest absolute Gasteiger partial charge is 0.320 e. The summed E-state index contributed by atoms with van der Waals surface area (Å²) in [6.45, 7) is 5.01. The molecule has 0 aliphatic carbocycles. The highest BCUT2D eigenvalue weighted by Crippen LogP contribution is 2.43. The molecule has 0 saturated carbocycles. The Balaban J connectivity index is 1.43. The van der Waals surface area contributed by atoms with E-state index in [0.29, 0.717) is 30.7 Å². The number of carboxylic acids is 1. The molecule has 144 valence electrons. The highest BCUT2D eigenvalue weighted by atomic mass is 16.4. The Labute approximate surface area is 156 Å². The standard InChI is InChI=1S/C18H24N6O3/c1-2-6-23-12-18(11-14(23)17(26)27)4-8-22(9-5-18)16(25)13-3-7-24-15(10-13)19-20-21-24/h3,7,10,14H,2,4-6,8-9,11-12H2,1H3,(H,26,27). The molecule has 2 fully saturated rings. The quantitative estimate of drug-likeness (QED) is 0.851. The van der Waals surface area contributed by atoms with Crippen LogP contribution in [0.3, 0.4) is 0 Å². The number of amides is 1. The largest absolute Gasteiger partial charge is 0.480 e. The van der Waals surface area contributed by atoms with E-state index in [1.165, 1.54) is 4.52 Å². The first-order chi connectivity index (χ1) is 13.0. The summed E-state index contributed by atoms with van der Waals surface area (Å²) >= 11 is 0. The lowest BCUT2D eigenvalue weighted by atomic mass is 9.76. The number of pyridine rings is 1. The lowest BCUT2D eigenvalue weighted by Gasteiger charge is -2.39. The maximum atomic E-state index is 12.9. The van der Waals surface area contributed by atoms with E-state index in [2.05, 4.69) is 27.3 Å². The average molecular weight is 372 g/mol. The van der Waals surface area contributed by atoms with Crippen LogP contribution in [0.1, 0.15) is 43.0 Å². The molecule has 2 aliphatic heterocycles. The number of carboxylic acid groups (broad SMARTS) is 1. The van der Waals surface area contributed by atoms with Gasteiger partial charge in [0.1, 0.15) is 6.04 Å². The Hall–Kier alpha value is -2.55. The molecule has 1 amide bonds. The normalized spacial score (nSPS) is 22.6. The minimum absolute atomic E-state index is 0.00981. The molecule has 1 spiro atoms. The van der Waals surface area contributed by atoms with Crippen molar-refractivity contribution in [2.75, 3.05) is 26.2 Å². The first-order valence-electron chi connectivity index (χ1n) is 9.45. The van der Waals surface area contributed by atoms with Crippen molar-refractivity contribution in [3.8, 4) is 0 Å². The molecule has 1 N–H and O–H groups in total. The van der Waals surface area contributed by atoms with Crippen LogP contribution in [0.4, 0.5) is 0 Å². The zero-order valence-electron chi connectivity index (χ0n) is 15.4. The number of tetrazole rings is 1. The third-order valence-electron chi connectivity index (χ3n) is 5.96. The minimum Gasteiger partial charge on any atom is -0.480 e. The number of piperidine rings is 1. The van der Waals surface area contributed by atoms with Gasteiger partial charge in [0.2, 0.25) is 0 Å². The Bertz CT molecular complexity index is 858. The lowest BCUT2D eigenvalue weighted by molar-refractivity contribution is -0.142. The summed E-state index contributed by atoms with van der Waals surface area (Å²) < 4.78 is 1.52. The first-order valence-corrected chi connectivity index (χ1v) is 9.45. The van der Waals surface area contributed by atoms with E-state index in [4.69, 9.17) is 0 Å². The van der Waals surface area contributed by atoms with Gasteiger partial charge in [-0.05, 0) is 60.2 Å². The van der Waals surface area contributed by atoms with Crippen LogP contribution >= 0.6 is 0 Å². The molecular weight excluding hydrogens is 348 g/mol. The number of fused-ring (bicyclic) bond motifs is 1. The second kappa shape index (κ2) is 6.88. The van der Waals surface area contributed by atoms with Gasteiger partial charge in [0, 0.05) is 31.4 Å². The van der Waals surface area contributed by atoms with Crippen molar-refractivity contribution in [2.45, 2.75) is 38.6 Å². The molecule has 2 aromatic rings. The van der Waals surface area contributed by atoms with E-state index in [1.54, 1.807) is 18.3 Å². The number of aliphatic carboxylic acids is 1. The summed E-state index contributed by atoms with van der Waals surface area (Å²) in [4.78, 5) is 28.4. The van der Waals surface area contributed by atoms with Crippen LogP contribution in [0.5, 0.6) is 0 Å². The molecule has 1 unspecified atom stereocenters. The number of nitrogens with zero attached hydrogens (tertiary/aromatic N) is 6.